The van der Waals surface area contributed by atoms with Crippen molar-refractivity contribution in [1.29, 1.82) is 0 Å². The standard InChI is InChI=1S/C15H20F2N2O3.ClH/c1-18-9-11-4-3-7-19(11)14(20)10-5-6-12(21-2)13(8-10)22-15(16)17;/h5-6,8,11,15,18H,3-4,7,9H2,1-2H3;1H. The highest BCUT2D eigenvalue weighted by Crippen LogP contribution is 2.30. The van der Waals surface area contributed by atoms with E-state index < -0.39 is 6.61 Å². The second kappa shape index (κ2) is 8.88. The van der Waals surface area contributed by atoms with E-state index >= 15 is 0 Å². The maximum Gasteiger partial charge on any atom is 0.387 e. The Morgan fingerprint density at radius 1 is 1.43 bits per heavy atom. The lowest BCUT2D eigenvalue weighted by atomic mass is 10.1. The molecule has 0 bridgehead atoms. The molecular weight excluding hydrogens is 330 g/mol. The fourth-order valence-corrected chi connectivity index (χ4v) is 2.71. The van der Waals surface area contributed by atoms with E-state index in [1.54, 1.807) is 11.0 Å². The summed E-state index contributed by atoms with van der Waals surface area (Å²) in [7, 11) is 3.20. The Kier molecular flexibility index (Phi) is 7.51. The maximum atomic E-state index is 12.6. The number of nitrogens with one attached hydrogen (secondary N) is 1. The Morgan fingerprint density at radius 2 is 2.17 bits per heavy atom. The number of rotatable bonds is 6. The Labute approximate surface area is 140 Å². The number of carbonyl (C=O) groups is 1. The molecule has 1 aliphatic rings. The first-order valence-electron chi connectivity index (χ1n) is 7.15. The lowest BCUT2D eigenvalue weighted by molar-refractivity contribution is -0.0512. The number of hydrogen-bond donors (Lipinski definition) is 1. The first-order valence-corrected chi connectivity index (χ1v) is 7.15. The van der Waals surface area contributed by atoms with E-state index in [1.165, 1.54) is 19.2 Å². The van der Waals surface area contributed by atoms with Crippen LogP contribution in [0.15, 0.2) is 18.2 Å². The topological polar surface area (TPSA) is 50.8 Å². The number of ether oxygens (including phenoxy) is 2. The van der Waals surface area contributed by atoms with Crippen LogP contribution in [0.25, 0.3) is 0 Å². The number of benzene rings is 1. The predicted molar refractivity (Wildman–Crippen MR) is 84.9 cm³/mol. The van der Waals surface area contributed by atoms with E-state index in [4.69, 9.17) is 4.74 Å². The van der Waals surface area contributed by atoms with Gasteiger partial charge in [0.15, 0.2) is 11.5 Å². The molecule has 0 aromatic heterocycles. The second-order valence-electron chi connectivity index (χ2n) is 5.10. The summed E-state index contributed by atoms with van der Waals surface area (Å²) in [6.07, 6.45) is 1.87. The molecule has 5 nitrogen and oxygen atoms in total. The van der Waals surface area contributed by atoms with Crippen molar-refractivity contribution < 1.29 is 23.0 Å². The summed E-state index contributed by atoms with van der Waals surface area (Å²) in [5, 5.41) is 3.06. The lowest BCUT2D eigenvalue weighted by Crippen LogP contribution is -2.40. The molecule has 1 amide bonds. The maximum absolute atomic E-state index is 12.6. The minimum absolute atomic E-state index is 0. The molecule has 1 atom stereocenters. The predicted octanol–water partition coefficient (Wildman–Crippen LogP) is 2.54. The number of alkyl halides is 2. The SMILES string of the molecule is CNCC1CCCN1C(=O)c1ccc(OC)c(OC(F)F)c1.Cl. The molecule has 1 unspecified atom stereocenters. The summed E-state index contributed by atoms with van der Waals surface area (Å²) >= 11 is 0. The number of nitrogens with zero attached hydrogens (tertiary/aromatic N) is 1. The van der Waals surface area contributed by atoms with Crippen LogP contribution >= 0.6 is 12.4 Å². The van der Waals surface area contributed by atoms with Crippen LogP contribution in [0.5, 0.6) is 11.5 Å². The van der Waals surface area contributed by atoms with E-state index in [1.807, 2.05) is 7.05 Å². The summed E-state index contributed by atoms with van der Waals surface area (Å²) < 4.78 is 34.3. The van der Waals surface area contributed by atoms with E-state index in [2.05, 4.69) is 10.1 Å². The quantitative estimate of drug-likeness (QED) is 0.856. The van der Waals surface area contributed by atoms with Gasteiger partial charge in [-0.05, 0) is 38.1 Å². The molecule has 1 aromatic carbocycles. The Bertz CT molecular complexity index is 531. The molecule has 130 valence electrons. The summed E-state index contributed by atoms with van der Waals surface area (Å²) in [5.41, 5.74) is 0.319. The molecule has 1 heterocycles. The van der Waals surface area contributed by atoms with E-state index in [9.17, 15) is 13.6 Å². The Hall–Kier alpha value is -1.60. The molecule has 0 saturated carbocycles. The van der Waals surface area contributed by atoms with Gasteiger partial charge < -0.3 is 19.7 Å². The molecule has 1 saturated heterocycles. The highest BCUT2D eigenvalue weighted by atomic mass is 35.5. The minimum atomic E-state index is -2.97. The van der Waals surface area contributed by atoms with E-state index in [0.717, 1.165) is 12.8 Å². The highest BCUT2D eigenvalue weighted by Gasteiger charge is 2.29. The largest absolute Gasteiger partial charge is 0.493 e. The van der Waals surface area contributed by atoms with Gasteiger partial charge in [-0.25, -0.2) is 0 Å². The first kappa shape index (κ1) is 19.4. The van der Waals surface area contributed by atoms with Crippen molar-refractivity contribution in [3.8, 4) is 11.5 Å². The fourth-order valence-electron chi connectivity index (χ4n) is 2.71. The van der Waals surface area contributed by atoms with Crippen LogP contribution in [0.1, 0.15) is 23.2 Å². The molecule has 8 heteroatoms. The molecule has 2 rings (SSSR count). The number of amides is 1. The molecule has 1 aromatic rings. The van der Waals surface area contributed by atoms with Crippen LogP contribution in [-0.4, -0.2) is 50.7 Å². The van der Waals surface area contributed by atoms with Gasteiger partial charge in [0.2, 0.25) is 0 Å². The van der Waals surface area contributed by atoms with Crippen LogP contribution in [-0.2, 0) is 0 Å². The van der Waals surface area contributed by atoms with Gasteiger partial charge in [0.1, 0.15) is 0 Å². The van der Waals surface area contributed by atoms with Gasteiger partial charge in [-0.15, -0.1) is 12.4 Å². The van der Waals surface area contributed by atoms with Gasteiger partial charge in [0, 0.05) is 24.7 Å². The normalized spacial score (nSPS) is 17.1. The van der Waals surface area contributed by atoms with Crippen LogP contribution in [0, 0.1) is 0 Å². The van der Waals surface area contributed by atoms with Crippen molar-refractivity contribution in [2.45, 2.75) is 25.5 Å². The third-order valence-electron chi connectivity index (χ3n) is 3.70. The number of likely N-dealkylation sites (N-methyl/N-ethyl adjacent to an activating group) is 1. The van der Waals surface area contributed by atoms with Crippen molar-refractivity contribution >= 4 is 18.3 Å². The van der Waals surface area contributed by atoms with Gasteiger partial charge in [0.05, 0.1) is 7.11 Å². The number of methoxy groups -OCH3 is 1. The van der Waals surface area contributed by atoms with Gasteiger partial charge in [0.25, 0.3) is 5.91 Å². The molecule has 1 N–H and O–H groups in total. The summed E-state index contributed by atoms with van der Waals surface area (Å²) in [4.78, 5) is 14.4. The van der Waals surface area contributed by atoms with Gasteiger partial charge in [-0.3, -0.25) is 4.79 Å². The first-order chi connectivity index (χ1) is 10.6. The van der Waals surface area contributed by atoms with Crippen LogP contribution in [0.4, 0.5) is 8.78 Å². The average molecular weight is 351 g/mol. The van der Waals surface area contributed by atoms with Crippen molar-refractivity contribution in [2.75, 3.05) is 27.2 Å². The minimum Gasteiger partial charge on any atom is -0.493 e. The van der Waals surface area contributed by atoms with Crippen molar-refractivity contribution in [1.82, 2.24) is 10.2 Å². The number of likely N-dealkylation sites (tertiary alicyclic amines) is 1. The average Bonchev–Trinajstić information content (AvgIpc) is 2.94. The van der Waals surface area contributed by atoms with Crippen molar-refractivity contribution in [2.24, 2.45) is 0 Å². The van der Waals surface area contributed by atoms with Gasteiger partial charge in [-0.1, -0.05) is 0 Å². The summed E-state index contributed by atoms with van der Waals surface area (Å²) in [6.45, 7) is -1.59. The highest BCUT2D eigenvalue weighted by molar-refractivity contribution is 5.95. The van der Waals surface area contributed by atoms with Crippen LogP contribution < -0.4 is 14.8 Å². The fraction of sp³-hybridized carbons (Fsp3) is 0.533. The number of hydrogen-bond acceptors (Lipinski definition) is 4. The van der Waals surface area contributed by atoms with Crippen molar-refractivity contribution in [3.05, 3.63) is 23.8 Å². The van der Waals surface area contributed by atoms with Gasteiger partial charge in [-0.2, -0.15) is 8.78 Å². The molecular formula is C15H21ClF2N2O3. The molecule has 1 fully saturated rings. The third kappa shape index (κ3) is 4.68. The second-order valence-corrected chi connectivity index (χ2v) is 5.10. The molecule has 0 radical (unpaired) electrons. The summed E-state index contributed by atoms with van der Waals surface area (Å²) in [6, 6.07) is 4.46. The Balaban J connectivity index is 0.00000264. The molecule has 23 heavy (non-hydrogen) atoms. The van der Waals surface area contributed by atoms with E-state index in [-0.39, 0.29) is 35.9 Å². The smallest absolute Gasteiger partial charge is 0.387 e. The zero-order valence-corrected chi connectivity index (χ0v) is 13.9. The van der Waals surface area contributed by atoms with E-state index in [0.29, 0.717) is 18.7 Å². The Morgan fingerprint density at radius 3 is 2.78 bits per heavy atom. The molecule has 1 aliphatic heterocycles. The zero-order valence-electron chi connectivity index (χ0n) is 13.1. The number of halogens is 3. The lowest BCUT2D eigenvalue weighted by Gasteiger charge is -2.25. The third-order valence-corrected chi connectivity index (χ3v) is 3.70. The van der Waals surface area contributed by atoms with Crippen LogP contribution in [0.3, 0.4) is 0 Å². The van der Waals surface area contributed by atoms with Crippen molar-refractivity contribution in [3.63, 3.8) is 0 Å². The zero-order chi connectivity index (χ0) is 16.1. The van der Waals surface area contributed by atoms with Gasteiger partial charge >= 0.3 is 6.61 Å². The monoisotopic (exact) mass is 350 g/mol. The molecule has 0 aliphatic carbocycles. The number of carbonyl (C=O) groups excluding carboxylic acids is 1. The summed E-state index contributed by atoms with van der Waals surface area (Å²) in [5.74, 6) is -0.141. The molecule has 0 spiro atoms. The van der Waals surface area contributed by atoms with Crippen LogP contribution in [0.2, 0.25) is 0 Å².